The van der Waals surface area contributed by atoms with E-state index >= 15 is 0 Å². The Balaban J connectivity index is 2.03. The Bertz CT molecular complexity index is 454. The van der Waals surface area contributed by atoms with E-state index in [0.29, 0.717) is 0 Å². The third kappa shape index (κ3) is 3.59. The molecule has 1 aliphatic rings. The fraction of sp³-hybridized carbons (Fsp3) is 0.312. The highest BCUT2D eigenvalue weighted by Crippen LogP contribution is 2.20. The number of hydrogen-bond acceptors (Lipinski definition) is 2. The molecule has 18 heavy (non-hydrogen) atoms. The highest BCUT2D eigenvalue weighted by molar-refractivity contribution is 5.89. The number of allylic oxidation sites excluding steroid dienone is 3. The number of nitrogens with zero attached hydrogens (tertiary/aromatic N) is 1. The SMILES string of the molecule is CCCCOc1ccc(C2=CC=NCC=C2)cc1. The molecule has 0 aromatic heterocycles. The third-order valence-corrected chi connectivity index (χ3v) is 2.82. The molecule has 1 aliphatic heterocycles. The zero-order valence-electron chi connectivity index (χ0n) is 10.8. The molecule has 1 aromatic carbocycles. The molecular formula is C16H19NO. The molecule has 1 heterocycles. The van der Waals surface area contributed by atoms with Crippen molar-refractivity contribution in [1.29, 1.82) is 0 Å². The summed E-state index contributed by atoms with van der Waals surface area (Å²) in [4.78, 5) is 4.20. The predicted molar refractivity (Wildman–Crippen MR) is 77.3 cm³/mol. The van der Waals surface area contributed by atoms with Gasteiger partial charge in [-0.15, -0.1) is 0 Å². The van der Waals surface area contributed by atoms with Crippen molar-refractivity contribution in [3.8, 4) is 5.75 Å². The maximum Gasteiger partial charge on any atom is 0.119 e. The molecule has 0 aliphatic carbocycles. The van der Waals surface area contributed by atoms with E-state index in [0.717, 1.165) is 31.7 Å². The van der Waals surface area contributed by atoms with Crippen LogP contribution in [-0.2, 0) is 0 Å². The maximum atomic E-state index is 5.65. The summed E-state index contributed by atoms with van der Waals surface area (Å²) in [5.74, 6) is 0.944. The van der Waals surface area contributed by atoms with E-state index in [2.05, 4.69) is 36.2 Å². The van der Waals surface area contributed by atoms with Crippen LogP contribution in [-0.4, -0.2) is 19.4 Å². The van der Waals surface area contributed by atoms with Crippen LogP contribution in [0, 0.1) is 0 Å². The number of benzene rings is 1. The van der Waals surface area contributed by atoms with Crippen LogP contribution in [0.2, 0.25) is 0 Å². The molecule has 0 saturated carbocycles. The number of aliphatic imine (C=N–C) groups is 1. The van der Waals surface area contributed by atoms with E-state index in [-0.39, 0.29) is 0 Å². The van der Waals surface area contributed by atoms with Gasteiger partial charge in [0.2, 0.25) is 0 Å². The molecule has 0 fully saturated rings. The zero-order chi connectivity index (χ0) is 12.6. The monoisotopic (exact) mass is 241 g/mol. The normalized spacial score (nSPS) is 14.2. The average molecular weight is 241 g/mol. The van der Waals surface area contributed by atoms with E-state index < -0.39 is 0 Å². The Hall–Kier alpha value is -1.83. The summed E-state index contributed by atoms with van der Waals surface area (Å²) in [6.45, 7) is 3.72. The summed E-state index contributed by atoms with van der Waals surface area (Å²) < 4.78 is 5.65. The Labute approximate surface area is 109 Å². The summed E-state index contributed by atoms with van der Waals surface area (Å²) in [5, 5.41) is 0. The first kappa shape index (κ1) is 12.6. The number of ether oxygens (including phenoxy) is 1. The molecule has 0 N–H and O–H groups in total. The zero-order valence-corrected chi connectivity index (χ0v) is 10.8. The quantitative estimate of drug-likeness (QED) is 0.717. The smallest absolute Gasteiger partial charge is 0.119 e. The molecule has 2 heteroatoms. The molecule has 0 bridgehead atoms. The Morgan fingerprint density at radius 1 is 1.22 bits per heavy atom. The molecule has 0 radical (unpaired) electrons. The summed E-state index contributed by atoms with van der Waals surface area (Å²) in [6.07, 6.45) is 10.3. The molecule has 1 aromatic rings. The second-order valence-electron chi connectivity index (χ2n) is 4.26. The van der Waals surface area contributed by atoms with Crippen molar-refractivity contribution in [3.05, 3.63) is 48.1 Å². The highest BCUT2D eigenvalue weighted by Gasteiger charge is 2.00. The van der Waals surface area contributed by atoms with E-state index in [1.54, 1.807) is 0 Å². The van der Waals surface area contributed by atoms with Gasteiger partial charge in [-0.25, -0.2) is 0 Å². The summed E-state index contributed by atoms with van der Waals surface area (Å²) in [6, 6.07) is 8.25. The van der Waals surface area contributed by atoms with Crippen LogP contribution in [0.4, 0.5) is 0 Å². The van der Waals surface area contributed by atoms with Crippen LogP contribution in [0.3, 0.4) is 0 Å². The van der Waals surface area contributed by atoms with Gasteiger partial charge in [0.05, 0.1) is 13.2 Å². The lowest BCUT2D eigenvalue weighted by molar-refractivity contribution is 0.309. The van der Waals surface area contributed by atoms with E-state index in [1.165, 1.54) is 11.1 Å². The summed E-state index contributed by atoms with van der Waals surface area (Å²) >= 11 is 0. The van der Waals surface area contributed by atoms with Gasteiger partial charge in [0, 0.05) is 6.21 Å². The van der Waals surface area contributed by atoms with Gasteiger partial charge in [-0.1, -0.05) is 37.6 Å². The predicted octanol–water partition coefficient (Wildman–Crippen LogP) is 3.89. The van der Waals surface area contributed by atoms with Crippen molar-refractivity contribution in [2.45, 2.75) is 19.8 Å². The van der Waals surface area contributed by atoms with Crippen molar-refractivity contribution in [1.82, 2.24) is 0 Å². The molecule has 94 valence electrons. The average Bonchev–Trinajstić information content (AvgIpc) is 2.69. The summed E-state index contributed by atoms with van der Waals surface area (Å²) in [7, 11) is 0. The Kier molecular flexibility index (Phi) is 4.77. The largest absolute Gasteiger partial charge is 0.494 e. The van der Waals surface area contributed by atoms with Crippen LogP contribution >= 0.6 is 0 Å². The minimum Gasteiger partial charge on any atom is -0.494 e. The number of hydrogen-bond donors (Lipinski definition) is 0. The molecule has 2 rings (SSSR count). The topological polar surface area (TPSA) is 21.6 Å². The minimum atomic E-state index is 0.762. The van der Waals surface area contributed by atoms with Gasteiger partial charge in [0.25, 0.3) is 0 Å². The van der Waals surface area contributed by atoms with Gasteiger partial charge < -0.3 is 4.74 Å². The van der Waals surface area contributed by atoms with Crippen LogP contribution < -0.4 is 4.74 Å². The van der Waals surface area contributed by atoms with Gasteiger partial charge in [0.1, 0.15) is 5.75 Å². The highest BCUT2D eigenvalue weighted by atomic mass is 16.5. The first-order valence-electron chi connectivity index (χ1n) is 6.50. The molecule has 0 saturated heterocycles. The van der Waals surface area contributed by atoms with Crippen molar-refractivity contribution >= 4 is 11.8 Å². The van der Waals surface area contributed by atoms with E-state index in [1.807, 2.05) is 24.4 Å². The fourth-order valence-electron chi connectivity index (χ4n) is 1.76. The number of rotatable bonds is 5. The maximum absolute atomic E-state index is 5.65. The van der Waals surface area contributed by atoms with Gasteiger partial charge in [0.15, 0.2) is 0 Å². The van der Waals surface area contributed by atoms with Crippen molar-refractivity contribution in [3.63, 3.8) is 0 Å². The Morgan fingerprint density at radius 3 is 2.83 bits per heavy atom. The lowest BCUT2D eigenvalue weighted by atomic mass is 10.1. The van der Waals surface area contributed by atoms with Gasteiger partial charge in [-0.3, -0.25) is 4.99 Å². The van der Waals surface area contributed by atoms with Crippen LogP contribution in [0.15, 0.2) is 47.5 Å². The van der Waals surface area contributed by atoms with Gasteiger partial charge in [-0.2, -0.15) is 0 Å². The minimum absolute atomic E-state index is 0.762. The Morgan fingerprint density at radius 2 is 2.06 bits per heavy atom. The molecule has 0 amide bonds. The van der Waals surface area contributed by atoms with Crippen molar-refractivity contribution in [2.24, 2.45) is 4.99 Å². The third-order valence-electron chi connectivity index (χ3n) is 2.82. The van der Waals surface area contributed by atoms with Gasteiger partial charge in [-0.05, 0) is 35.8 Å². The number of unbranched alkanes of at least 4 members (excludes halogenated alkanes) is 1. The van der Waals surface area contributed by atoms with E-state index in [9.17, 15) is 0 Å². The van der Waals surface area contributed by atoms with Crippen LogP contribution in [0.25, 0.3) is 5.57 Å². The van der Waals surface area contributed by atoms with Crippen molar-refractivity contribution < 1.29 is 4.74 Å². The molecule has 0 spiro atoms. The second-order valence-corrected chi connectivity index (χ2v) is 4.26. The van der Waals surface area contributed by atoms with Crippen molar-refractivity contribution in [2.75, 3.05) is 13.2 Å². The fourth-order valence-corrected chi connectivity index (χ4v) is 1.76. The summed E-state index contributed by atoms with van der Waals surface area (Å²) in [5.41, 5.74) is 2.39. The lowest BCUT2D eigenvalue weighted by Gasteiger charge is -2.06. The molecule has 0 atom stereocenters. The van der Waals surface area contributed by atoms with Gasteiger partial charge >= 0.3 is 0 Å². The molecule has 0 unspecified atom stereocenters. The lowest BCUT2D eigenvalue weighted by Crippen LogP contribution is -1.96. The van der Waals surface area contributed by atoms with Crippen LogP contribution in [0.1, 0.15) is 25.3 Å². The second kappa shape index (κ2) is 6.80. The first-order chi connectivity index (χ1) is 8.90. The first-order valence-corrected chi connectivity index (χ1v) is 6.50. The molecular weight excluding hydrogens is 222 g/mol. The molecule has 2 nitrogen and oxygen atoms in total. The van der Waals surface area contributed by atoms with E-state index in [4.69, 9.17) is 4.74 Å². The van der Waals surface area contributed by atoms with Crippen LogP contribution in [0.5, 0.6) is 5.75 Å². The standard InChI is InChI=1S/C16H19NO/c1-2-3-13-18-16-8-6-15(7-9-16)14-5-4-11-17-12-10-14/h4-10,12H,2-3,11,13H2,1H3.